The first-order valence-electron chi connectivity index (χ1n) is 9.87. The molecule has 0 spiro atoms. The first-order valence-corrected chi connectivity index (χ1v) is 9.87. The predicted molar refractivity (Wildman–Crippen MR) is 120 cm³/mol. The molecule has 0 radical (unpaired) electrons. The molecular weight excluding hydrogens is 374 g/mol. The Bertz CT molecular complexity index is 1330. The van der Waals surface area contributed by atoms with Crippen LogP contribution in [0.2, 0.25) is 0 Å². The largest absolute Gasteiger partial charge is 0.424 e. The smallest absolute Gasteiger partial charge is 0.406 e. The molecule has 0 bridgehead atoms. The molecule has 3 aromatic heterocycles. The van der Waals surface area contributed by atoms with Crippen LogP contribution in [0.3, 0.4) is 0 Å². The van der Waals surface area contributed by atoms with Gasteiger partial charge >= 0.3 is 5.76 Å². The fourth-order valence-corrected chi connectivity index (χ4v) is 3.61. The molecule has 5 nitrogen and oxygen atoms in total. The Balaban J connectivity index is 1.98. The Hall–Kier alpha value is -3.73. The third-order valence-corrected chi connectivity index (χ3v) is 4.99. The molecule has 4 aromatic rings. The van der Waals surface area contributed by atoms with E-state index in [1.807, 2.05) is 55.5 Å². The van der Waals surface area contributed by atoms with Crippen molar-refractivity contribution in [2.24, 2.45) is 0 Å². The molecule has 0 aliphatic rings. The number of hydrogen-bond acceptors (Lipinski definition) is 4. The lowest BCUT2D eigenvalue weighted by atomic mass is 9.95. The number of aryl methyl sites for hydroxylation is 1. The van der Waals surface area contributed by atoms with Gasteiger partial charge in [-0.25, -0.2) is 9.36 Å². The van der Waals surface area contributed by atoms with Crippen molar-refractivity contribution < 1.29 is 4.42 Å². The van der Waals surface area contributed by atoms with Crippen LogP contribution in [-0.4, -0.2) is 14.5 Å². The first kappa shape index (κ1) is 19.6. The Morgan fingerprint density at radius 2 is 1.93 bits per heavy atom. The molecule has 1 aromatic carbocycles. The molecule has 0 amide bonds. The van der Waals surface area contributed by atoms with E-state index >= 15 is 0 Å². The molecule has 5 heteroatoms. The number of nitrogens with zero attached hydrogens (tertiary/aromatic N) is 3. The summed E-state index contributed by atoms with van der Waals surface area (Å²) in [6, 6.07) is 15.7. The molecular formula is C25H23N3O2. The lowest BCUT2D eigenvalue weighted by Gasteiger charge is -2.16. The molecule has 30 heavy (non-hydrogen) atoms. The average Bonchev–Trinajstić information content (AvgIpc) is 3.06. The Kier molecular flexibility index (Phi) is 5.19. The van der Waals surface area contributed by atoms with Gasteiger partial charge in [-0.1, -0.05) is 56.8 Å². The van der Waals surface area contributed by atoms with Crippen LogP contribution in [0, 0.1) is 6.92 Å². The maximum atomic E-state index is 12.9. The van der Waals surface area contributed by atoms with Crippen LogP contribution in [0.15, 0.2) is 82.7 Å². The highest BCUT2D eigenvalue weighted by molar-refractivity contribution is 5.84. The number of allylic oxidation sites excluding steroid dienone is 2. The SMILES string of the molecule is C=C/C=C(\c1ccccc1C(C)C)n1c(=O)oc2cnc(-c3cccc(C)n3)cc21. The normalized spacial score (nSPS) is 11.9. The van der Waals surface area contributed by atoms with Crippen molar-refractivity contribution in [2.45, 2.75) is 26.7 Å². The Morgan fingerprint density at radius 1 is 1.13 bits per heavy atom. The molecule has 0 atom stereocenters. The van der Waals surface area contributed by atoms with Gasteiger partial charge in [0.25, 0.3) is 0 Å². The third-order valence-electron chi connectivity index (χ3n) is 4.99. The van der Waals surface area contributed by atoms with Crippen LogP contribution in [0.4, 0.5) is 0 Å². The Morgan fingerprint density at radius 3 is 2.67 bits per heavy atom. The van der Waals surface area contributed by atoms with Crippen molar-refractivity contribution in [3.05, 3.63) is 101 Å². The van der Waals surface area contributed by atoms with Crippen molar-refractivity contribution >= 4 is 16.8 Å². The van der Waals surface area contributed by atoms with E-state index < -0.39 is 5.76 Å². The van der Waals surface area contributed by atoms with Gasteiger partial charge in [-0.3, -0.25) is 9.97 Å². The van der Waals surface area contributed by atoms with Crippen LogP contribution < -0.4 is 5.76 Å². The Labute approximate surface area is 175 Å². The standard InChI is InChI=1S/C25H23N3O2/c1-5-9-22(19-12-7-6-11-18(19)16(2)3)28-23-14-21(20-13-8-10-17(4)27-20)26-15-24(23)30-25(28)29/h5-16H,1H2,2-4H3/b22-9+. The van der Waals surface area contributed by atoms with Gasteiger partial charge in [-0.2, -0.15) is 0 Å². The van der Waals surface area contributed by atoms with Gasteiger partial charge in [-0.05, 0) is 42.7 Å². The summed E-state index contributed by atoms with van der Waals surface area (Å²) in [5.74, 6) is -0.176. The minimum Gasteiger partial charge on any atom is -0.406 e. The maximum absolute atomic E-state index is 12.9. The van der Waals surface area contributed by atoms with Gasteiger partial charge < -0.3 is 4.42 Å². The number of hydrogen-bond donors (Lipinski definition) is 0. The van der Waals surface area contributed by atoms with Crippen LogP contribution in [0.5, 0.6) is 0 Å². The van der Waals surface area contributed by atoms with E-state index in [1.165, 1.54) is 0 Å². The van der Waals surface area contributed by atoms with E-state index in [2.05, 4.69) is 36.5 Å². The molecule has 0 aliphatic heterocycles. The van der Waals surface area contributed by atoms with E-state index in [9.17, 15) is 4.79 Å². The van der Waals surface area contributed by atoms with Crippen molar-refractivity contribution in [1.29, 1.82) is 0 Å². The lowest BCUT2D eigenvalue weighted by molar-refractivity contribution is 0.541. The number of pyridine rings is 2. The third kappa shape index (κ3) is 3.50. The monoisotopic (exact) mass is 397 g/mol. The maximum Gasteiger partial charge on any atom is 0.424 e. The molecule has 0 unspecified atom stereocenters. The highest BCUT2D eigenvalue weighted by atomic mass is 16.4. The van der Waals surface area contributed by atoms with Crippen LogP contribution >= 0.6 is 0 Å². The van der Waals surface area contributed by atoms with E-state index in [0.29, 0.717) is 22.5 Å². The summed E-state index contributed by atoms with van der Waals surface area (Å²) >= 11 is 0. The molecule has 150 valence electrons. The van der Waals surface area contributed by atoms with Gasteiger partial charge in [0.1, 0.15) is 0 Å². The molecule has 0 fully saturated rings. The van der Waals surface area contributed by atoms with Crippen LogP contribution in [-0.2, 0) is 0 Å². The van der Waals surface area contributed by atoms with E-state index in [0.717, 1.165) is 22.5 Å². The van der Waals surface area contributed by atoms with Crippen molar-refractivity contribution in [1.82, 2.24) is 14.5 Å². The van der Waals surface area contributed by atoms with E-state index in [-0.39, 0.29) is 5.92 Å². The number of rotatable bonds is 5. The zero-order valence-electron chi connectivity index (χ0n) is 17.3. The van der Waals surface area contributed by atoms with Gasteiger partial charge in [-0.15, -0.1) is 0 Å². The number of oxazole rings is 1. The van der Waals surface area contributed by atoms with Crippen LogP contribution in [0.25, 0.3) is 28.2 Å². The quantitative estimate of drug-likeness (QED) is 0.414. The zero-order chi connectivity index (χ0) is 21.3. The number of benzene rings is 1. The van der Waals surface area contributed by atoms with Gasteiger partial charge in [0.15, 0.2) is 5.58 Å². The first-order chi connectivity index (χ1) is 14.5. The lowest BCUT2D eigenvalue weighted by Crippen LogP contribution is -2.15. The summed E-state index contributed by atoms with van der Waals surface area (Å²) in [5.41, 5.74) is 6.20. The number of fused-ring (bicyclic) bond motifs is 1. The second-order valence-corrected chi connectivity index (χ2v) is 7.43. The molecule has 4 rings (SSSR count). The van der Waals surface area contributed by atoms with Crippen molar-refractivity contribution in [3.63, 3.8) is 0 Å². The fourth-order valence-electron chi connectivity index (χ4n) is 3.61. The highest BCUT2D eigenvalue weighted by Gasteiger charge is 2.19. The summed E-state index contributed by atoms with van der Waals surface area (Å²) < 4.78 is 7.09. The van der Waals surface area contributed by atoms with Gasteiger partial charge in [0.05, 0.1) is 28.8 Å². The summed E-state index contributed by atoms with van der Waals surface area (Å²) in [4.78, 5) is 21.9. The summed E-state index contributed by atoms with van der Waals surface area (Å²) in [7, 11) is 0. The minimum absolute atomic E-state index is 0.289. The summed E-state index contributed by atoms with van der Waals surface area (Å²) in [6.45, 7) is 10.0. The van der Waals surface area contributed by atoms with Gasteiger partial charge in [0, 0.05) is 11.3 Å². The highest BCUT2D eigenvalue weighted by Crippen LogP contribution is 2.29. The second-order valence-electron chi connectivity index (χ2n) is 7.43. The van der Waals surface area contributed by atoms with Crippen molar-refractivity contribution in [3.8, 4) is 11.4 Å². The van der Waals surface area contributed by atoms with E-state index in [1.54, 1.807) is 16.8 Å². The molecule has 0 aliphatic carbocycles. The van der Waals surface area contributed by atoms with E-state index in [4.69, 9.17) is 4.42 Å². The fraction of sp³-hybridized carbons (Fsp3) is 0.160. The predicted octanol–water partition coefficient (Wildman–Crippen LogP) is 5.56. The summed E-state index contributed by atoms with van der Waals surface area (Å²) in [6.07, 6.45) is 5.09. The molecule has 3 heterocycles. The molecule has 0 N–H and O–H groups in total. The average molecular weight is 397 g/mol. The minimum atomic E-state index is -0.465. The molecule has 0 saturated carbocycles. The molecule has 0 saturated heterocycles. The van der Waals surface area contributed by atoms with Crippen LogP contribution in [0.1, 0.15) is 36.6 Å². The zero-order valence-corrected chi connectivity index (χ0v) is 17.3. The van der Waals surface area contributed by atoms with Gasteiger partial charge in [0.2, 0.25) is 0 Å². The second kappa shape index (κ2) is 7.95. The van der Waals surface area contributed by atoms with Crippen molar-refractivity contribution in [2.75, 3.05) is 0 Å². The topological polar surface area (TPSA) is 60.9 Å². The number of aromatic nitrogens is 3. The summed E-state index contributed by atoms with van der Waals surface area (Å²) in [5, 5.41) is 0.